The average molecular weight is 1440 g/mol. The van der Waals surface area contributed by atoms with Crippen molar-refractivity contribution in [3.63, 3.8) is 0 Å². The molecular formula is C71H127N2O25P. The monoisotopic (exact) mass is 1440 g/mol. The summed E-state index contributed by atoms with van der Waals surface area (Å²) >= 11 is 0. The molecule has 3 aliphatic heterocycles. The molecule has 3 fully saturated rings. The number of aliphatic hydroxyl groups is 8. The lowest BCUT2D eigenvalue weighted by Gasteiger charge is -2.49. The molecule has 0 aromatic heterocycles. The Balaban J connectivity index is 1.42. The molecule has 0 aromatic rings. The van der Waals surface area contributed by atoms with Gasteiger partial charge in [0.2, 0.25) is 11.8 Å². The molecule has 3 rings (SSSR count). The fraction of sp³-hybridized carbons (Fsp3) is 0.873. The fourth-order valence-corrected chi connectivity index (χ4v) is 12.6. The molecule has 99 heavy (non-hydrogen) atoms. The second kappa shape index (κ2) is 54.2. The Morgan fingerprint density at radius 3 is 1.49 bits per heavy atom. The molecule has 0 aliphatic carbocycles. The summed E-state index contributed by atoms with van der Waals surface area (Å²) in [5.41, 5.74) is 0. The lowest BCUT2D eigenvalue weighted by atomic mass is 9.87. The zero-order chi connectivity index (χ0) is 72.6. The van der Waals surface area contributed by atoms with Crippen molar-refractivity contribution < 1.29 is 121 Å². The van der Waals surface area contributed by atoms with Crippen LogP contribution in [0.2, 0.25) is 0 Å². The number of hydrogen-bond acceptors (Lipinski definition) is 24. The Kier molecular flexibility index (Phi) is 49.2. The quantitative estimate of drug-likeness (QED) is 0.0121. The predicted octanol–water partition coefficient (Wildman–Crippen LogP) is 7.56. The number of hydrogen-bond donors (Lipinski definition) is 11. The first-order valence-electron chi connectivity index (χ1n) is 37.1. The number of nitrogens with one attached hydrogen (secondary N) is 2. The van der Waals surface area contributed by atoms with E-state index >= 15 is 0 Å². The number of phosphoric acid groups is 1. The first-order chi connectivity index (χ1) is 47.7. The summed E-state index contributed by atoms with van der Waals surface area (Å²) in [5.74, 6) is -3.47. The molecular weight excluding hydrogens is 1310 g/mol. The van der Waals surface area contributed by atoms with Crippen molar-refractivity contribution in [2.24, 2.45) is 5.92 Å². The highest BCUT2D eigenvalue weighted by atomic mass is 31.2. The summed E-state index contributed by atoms with van der Waals surface area (Å²) in [4.78, 5) is 74.0. The van der Waals surface area contributed by atoms with Crippen molar-refractivity contribution in [3.05, 3.63) is 24.3 Å². The number of carbonyl (C=O) groups is 5. The number of ether oxygens (including phenoxy) is 8. The van der Waals surface area contributed by atoms with E-state index in [-0.39, 0.29) is 70.7 Å². The van der Waals surface area contributed by atoms with Crippen molar-refractivity contribution >= 4 is 37.4 Å². The van der Waals surface area contributed by atoms with Gasteiger partial charge in [-0.25, -0.2) is 4.57 Å². The van der Waals surface area contributed by atoms with Crippen molar-refractivity contribution in [2.75, 3.05) is 52.7 Å². The molecule has 3 aliphatic rings. The van der Waals surface area contributed by atoms with E-state index in [4.69, 9.17) is 46.9 Å². The van der Waals surface area contributed by atoms with Gasteiger partial charge >= 0.3 is 19.8 Å². The maximum Gasteiger partial charge on any atom is 0.472 e. The zero-order valence-corrected chi connectivity index (χ0v) is 60.6. The number of rotatable bonds is 58. The van der Waals surface area contributed by atoms with Crippen LogP contribution in [-0.2, 0) is 75.5 Å². The van der Waals surface area contributed by atoms with E-state index < -0.39 is 156 Å². The second-order valence-corrected chi connectivity index (χ2v) is 28.0. The molecule has 0 bridgehead atoms. The predicted molar refractivity (Wildman–Crippen MR) is 367 cm³/mol. The van der Waals surface area contributed by atoms with E-state index in [0.717, 1.165) is 77.0 Å². The Labute approximate surface area is 588 Å². The first kappa shape index (κ1) is 89.8. The SMILES string of the molecule is CCCCCCCC/C=C/CCCCCCCC(=O)OCC(COP(=O)(O)OCCNC(=O)CCCCC(=O)NCCCO[C@@H]1OC(CO)[C@H](O)[C@H](O[C@@H]2OC(CO)[C@H](O)[C@H](O)C2CC(C)=O)C1O[C@@H]1OC(C)[C@@H](O)[C@H](O)C1O)OC(=O)CCCCCCC/C=C/CCCCCCCC. The van der Waals surface area contributed by atoms with Gasteiger partial charge in [0.25, 0.3) is 0 Å². The molecule has 28 heteroatoms. The van der Waals surface area contributed by atoms with Crippen LogP contribution in [0.15, 0.2) is 24.3 Å². The Morgan fingerprint density at radius 1 is 0.485 bits per heavy atom. The minimum absolute atomic E-state index is 0.0173. The minimum atomic E-state index is -4.74. The highest BCUT2D eigenvalue weighted by Crippen LogP contribution is 2.43. The molecule has 2 amide bonds. The van der Waals surface area contributed by atoms with Gasteiger partial charge < -0.3 is 99.1 Å². The second-order valence-electron chi connectivity index (χ2n) is 26.6. The van der Waals surface area contributed by atoms with Gasteiger partial charge in [0.1, 0.15) is 67.3 Å². The number of amides is 2. The smallest absolute Gasteiger partial charge is 0.462 e. The largest absolute Gasteiger partial charge is 0.472 e. The molecule has 8 unspecified atom stereocenters. The van der Waals surface area contributed by atoms with Crippen molar-refractivity contribution in [2.45, 2.75) is 338 Å². The maximum atomic E-state index is 13.0. The van der Waals surface area contributed by atoms with Crippen LogP contribution in [-0.4, -0.2) is 220 Å². The van der Waals surface area contributed by atoms with Crippen LogP contribution in [0.4, 0.5) is 0 Å². The number of unbranched alkanes of at least 4 members (excludes halogenated alkanes) is 23. The van der Waals surface area contributed by atoms with E-state index in [9.17, 15) is 74.3 Å². The van der Waals surface area contributed by atoms with Gasteiger partial charge in [0.05, 0.1) is 45.2 Å². The molecule has 0 saturated carbocycles. The minimum Gasteiger partial charge on any atom is -0.462 e. The van der Waals surface area contributed by atoms with Crippen molar-refractivity contribution in [1.82, 2.24) is 10.6 Å². The number of allylic oxidation sites excluding steroid dienone is 4. The summed E-state index contributed by atoms with van der Waals surface area (Å²) in [6.45, 7) is 3.88. The molecule has 0 aromatic carbocycles. The van der Waals surface area contributed by atoms with Crippen LogP contribution < -0.4 is 10.6 Å². The highest BCUT2D eigenvalue weighted by Gasteiger charge is 2.54. The van der Waals surface area contributed by atoms with Crippen LogP contribution in [0.3, 0.4) is 0 Å². The van der Waals surface area contributed by atoms with Gasteiger partial charge in [-0.3, -0.25) is 28.2 Å². The summed E-state index contributed by atoms with van der Waals surface area (Å²) in [5, 5.41) is 90.5. The van der Waals surface area contributed by atoms with Gasteiger partial charge in [0.15, 0.2) is 25.0 Å². The maximum absolute atomic E-state index is 13.0. The van der Waals surface area contributed by atoms with Crippen LogP contribution in [0, 0.1) is 5.92 Å². The number of esters is 2. The molecule has 11 N–H and O–H groups in total. The van der Waals surface area contributed by atoms with Crippen LogP contribution in [0.25, 0.3) is 0 Å². The average Bonchev–Trinajstić information content (AvgIpc) is 0.775. The fourth-order valence-electron chi connectivity index (χ4n) is 11.8. The Hall–Kier alpha value is -3.42. The molecule has 0 radical (unpaired) electrons. The third-order valence-electron chi connectivity index (χ3n) is 17.8. The van der Waals surface area contributed by atoms with E-state index in [1.807, 2.05) is 0 Å². The molecule has 17 atom stereocenters. The van der Waals surface area contributed by atoms with E-state index in [2.05, 4.69) is 48.8 Å². The molecule has 576 valence electrons. The number of aliphatic hydroxyl groups excluding tert-OH is 8. The summed E-state index contributed by atoms with van der Waals surface area (Å²) in [6, 6.07) is 0. The Morgan fingerprint density at radius 2 is 0.960 bits per heavy atom. The van der Waals surface area contributed by atoms with Crippen LogP contribution in [0.1, 0.15) is 246 Å². The third-order valence-corrected chi connectivity index (χ3v) is 18.8. The summed E-state index contributed by atoms with van der Waals surface area (Å²) < 4.78 is 69.9. The van der Waals surface area contributed by atoms with Crippen LogP contribution in [0.5, 0.6) is 0 Å². The normalized spacial score (nSPS) is 26.7. The Bertz CT molecular complexity index is 2270. The molecule has 3 heterocycles. The first-order valence-corrected chi connectivity index (χ1v) is 38.6. The number of phosphoric ester groups is 1. The van der Waals surface area contributed by atoms with Gasteiger partial charge in [0, 0.05) is 51.1 Å². The van der Waals surface area contributed by atoms with E-state index in [1.165, 1.54) is 90.9 Å². The standard InChI is InChI=1S/C71H127N2O25P/c1-5-7-9-11-13-15-17-19-21-23-25-27-29-31-33-40-59(79)90-49-53(94-60(80)41-34-32-30-28-26-24-22-20-18-16-14-12-10-8-6-2)50-92-99(87,88)91-45-43-73-58(78)39-36-35-38-57(77)72-42-37-44-89-71-68(98-70-66(86)65(85)61(81)52(4)93-70)67(64(84)56(48-75)96-71)97-69-54(46-51(3)76)62(82)63(83)55(47-74)95-69/h19-22,52-56,61-71,74-75,81-86H,5-18,23-50H2,1-4H3,(H,72,77)(H,73,78)(H,87,88)/b21-19+,22-20+/t52?,53?,54?,55?,56?,61-,62-,63+,64+,65+,66?,67+,68?,69+,70+,71-/m1/s1. The zero-order valence-electron chi connectivity index (χ0n) is 59.7. The van der Waals surface area contributed by atoms with E-state index in [1.54, 1.807) is 0 Å². The summed E-state index contributed by atoms with van der Waals surface area (Å²) in [7, 11) is -4.74. The van der Waals surface area contributed by atoms with Gasteiger partial charge in [-0.2, -0.15) is 0 Å². The highest BCUT2D eigenvalue weighted by molar-refractivity contribution is 7.47. The third kappa shape index (κ3) is 38.8. The molecule has 27 nitrogen and oxygen atoms in total. The van der Waals surface area contributed by atoms with Crippen molar-refractivity contribution in [3.8, 4) is 0 Å². The lowest BCUT2D eigenvalue weighted by Crippen LogP contribution is -2.66. The molecule has 3 saturated heterocycles. The van der Waals surface area contributed by atoms with Crippen molar-refractivity contribution in [1.29, 1.82) is 0 Å². The van der Waals surface area contributed by atoms with Gasteiger partial charge in [-0.15, -0.1) is 0 Å². The summed E-state index contributed by atoms with van der Waals surface area (Å²) in [6.07, 6.45) is 15.4. The number of carbonyl (C=O) groups excluding carboxylic acids is 5. The van der Waals surface area contributed by atoms with E-state index in [0.29, 0.717) is 25.7 Å². The lowest BCUT2D eigenvalue weighted by molar-refractivity contribution is -0.388. The topological polar surface area (TPSA) is 401 Å². The number of Topliss-reactive ketones (excluding diaryl/α,β-unsaturated/α-hetero) is 1. The van der Waals surface area contributed by atoms with Gasteiger partial charge in [-0.1, -0.05) is 141 Å². The molecule has 0 spiro atoms. The van der Waals surface area contributed by atoms with Gasteiger partial charge in [-0.05, 0) is 97.3 Å². The van der Waals surface area contributed by atoms with Crippen LogP contribution >= 0.6 is 7.82 Å². The number of ketones is 1.